The molecule has 1 aliphatic heterocycles. The Morgan fingerprint density at radius 2 is 2.08 bits per heavy atom. The van der Waals surface area contributed by atoms with Crippen molar-refractivity contribution in [2.75, 3.05) is 11.4 Å². The highest BCUT2D eigenvalue weighted by molar-refractivity contribution is 6.07. The molecule has 1 aliphatic rings. The molecule has 1 aromatic carbocycles. The Labute approximate surface area is 143 Å². The lowest BCUT2D eigenvalue weighted by Crippen LogP contribution is -2.43. The number of amides is 1. The molecule has 0 bridgehead atoms. The van der Waals surface area contributed by atoms with E-state index in [1.54, 1.807) is 0 Å². The van der Waals surface area contributed by atoms with Gasteiger partial charge in [-0.2, -0.15) is 0 Å². The molecule has 1 unspecified atom stereocenters. The molecule has 0 saturated carbocycles. The molecule has 2 heterocycles. The van der Waals surface area contributed by atoms with E-state index in [0.717, 1.165) is 23.4 Å². The third-order valence-electron chi connectivity index (χ3n) is 4.26. The van der Waals surface area contributed by atoms with Crippen LogP contribution < -0.4 is 14.2 Å². The molecule has 0 saturated heterocycles. The number of rotatable bonds is 3. The van der Waals surface area contributed by atoms with Gasteiger partial charge in [-0.05, 0) is 19.4 Å². The molecule has 0 fully saturated rings. The van der Waals surface area contributed by atoms with Gasteiger partial charge in [0.2, 0.25) is 0 Å². The van der Waals surface area contributed by atoms with Gasteiger partial charge < -0.3 is 9.64 Å². The second-order valence-electron chi connectivity index (χ2n) is 6.01. The fourth-order valence-electron chi connectivity index (χ4n) is 2.90. The van der Waals surface area contributed by atoms with Crippen molar-refractivity contribution in [1.82, 2.24) is 0 Å². The summed E-state index contributed by atoms with van der Waals surface area (Å²) in [6.45, 7) is 4.63. The van der Waals surface area contributed by atoms with E-state index in [-0.39, 0.29) is 12.0 Å². The number of aryl methyl sites for hydroxylation is 1. The zero-order valence-electron chi connectivity index (χ0n) is 14.4. The third kappa shape index (κ3) is 3.04. The summed E-state index contributed by atoms with van der Waals surface area (Å²) in [5.41, 5.74) is 2.53. The van der Waals surface area contributed by atoms with Crippen molar-refractivity contribution >= 4 is 17.7 Å². The van der Waals surface area contributed by atoms with Crippen molar-refractivity contribution in [3.63, 3.8) is 0 Å². The Hall–Kier alpha value is -2.62. The topological polar surface area (TPSA) is 33.4 Å². The number of fused-ring (bicyclic) bond motifs is 1. The molecular formula is C20H23N2O2+. The molecule has 124 valence electrons. The minimum atomic E-state index is 0.00711. The van der Waals surface area contributed by atoms with Crippen LogP contribution in [-0.2, 0) is 7.05 Å². The van der Waals surface area contributed by atoms with E-state index in [1.165, 1.54) is 0 Å². The van der Waals surface area contributed by atoms with Gasteiger partial charge in [0.15, 0.2) is 18.1 Å². The number of aromatic nitrogens is 1. The van der Waals surface area contributed by atoms with E-state index in [0.29, 0.717) is 12.1 Å². The van der Waals surface area contributed by atoms with Crippen molar-refractivity contribution in [3.8, 4) is 5.75 Å². The van der Waals surface area contributed by atoms with Gasteiger partial charge in [-0.25, -0.2) is 4.57 Å². The molecule has 0 radical (unpaired) electrons. The number of ether oxygens (including phenoxy) is 1. The van der Waals surface area contributed by atoms with Crippen LogP contribution in [0.1, 0.15) is 36.2 Å². The maximum Gasteiger partial charge on any atom is 0.258 e. The van der Waals surface area contributed by atoms with Crippen molar-refractivity contribution in [2.45, 2.75) is 26.4 Å². The van der Waals surface area contributed by atoms with Crippen molar-refractivity contribution < 1.29 is 14.1 Å². The number of nitrogens with zero attached hydrogens (tertiary/aromatic N) is 2. The number of para-hydroxylation sites is 1. The lowest BCUT2D eigenvalue weighted by molar-refractivity contribution is -0.671. The van der Waals surface area contributed by atoms with E-state index in [9.17, 15) is 4.79 Å². The first kappa shape index (κ1) is 16.2. The van der Waals surface area contributed by atoms with Crippen LogP contribution in [0.3, 0.4) is 0 Å². The summed E-state index contributed by atoms with van der Waals surface area (Å²) >= 11 is 0. The summed E-state index contributed by atoms with van der Waals surface area (Å²) in [7, 11) is 1.94. The number of anilines is 1. The molecule has 1 aromatic heterocycles. The first-order chi connectivity index (χ1) is 11.6. The van der Waals surface area contributed by atoms with Crippen LogP contribution in [0.2, 0.25) is 0 Å². The molecule has 1 atom stereocenters. The molecule has 0 N–H and O–H groups in total. The van der Waals surface area contributed by atoms with E-state index in [1.807, 2.05) is 78.3 Å². The summed E-state index contributed by atoms with van der Waals surface area (Å²) in [5.74, 6) is 0.805. The van der Waals surface area contributed by atoms with Crippen LogP contribution in [0.5, 0.6) is 5.75 Å². The normalized spacial score (nSPS) is 16.8. The van der Waals surface area contributed by atoms with Crippen LogP contribution in [0.15, 0.2) is 48.8 Å². The predicted molar refractivity (Wildman–Crippen MR) is 95.2 cm³/mol. The average molecular weight is 323 g/mol. The molecule has 0 spiro atoms. The van der Waals surface area contributed by atoms with E-state index < -0.39 is 0 Å². The smallest absolute Gasteiger partial charge is 0.258 e. The van der Waals surface area contributed by atoms with E-state index in [2.05, 4.69) is 6.92 Å². The number of benzene rings is 1. The lowest BCUT2D eigenvalue weighted by atomic mass is 10.1. The molecular weight excluding hydrogens is 300 g/mol. The third-order valence-corrected chi connectivity index (χ3v) is 4.26. The molecule has 24 heavy (non-hydrogen) atoms. The highest BCUT2D eigenvalue weighted by Gasteiger charge is 2.30. The summed E-state index contributed by atoms with van der Waals surface area (Å²) in [4.78, 5) is 14.9. The molecule has 2 aromatic rings. The average Bonchev–Trinajstić information content (AvgIpc) is 2.61. The Morgan fingerprint density at radius 1 is 1.33 bits per heavy atom. The molecule has 3 rings (SSSR count). The van der Waals surface area contributed by atoms with Crippen LogP contribution in [0.4, 0.5) is 5.69 Å². The number of carbonyl (C=O) groups is 1. The van der Waals surface area contributed by atoms with E-state index in [4.69, 9.17) is 4.74 Å². The first-order valence-corrected chi connectivity index (χ1v) is 8.33. The van der Waals surface area contributed by atoms with Gasteiger partial charge in [0.25, 0.3) is 5.91 Å². The minimum Gasteiger partial charge on any atom is -0.486 e. The molecule has 1 amide bonds. The van der Waals surface area contributed by atoms with Gasteiger partial charge in [0.05, 0.1) is 17.8 Å². The first-order valence-electron chi connectivity index (χ1n) is 8.33. The minimum absolute atomic E-state index is 0.00711. The summed E-state index contributed by atoms with van der Waals surface area (Å²) < 4.78 is 8.07. The Balaban J connectivity index is 2.04. The van der Waals surface area contributed by atoms with Gasteiger partial charge in [-0.3, -0.25) is 4.79 Å². The summed E-state index contributed by atoms with van der Waals surface area (Å²) in [6.07, 6.45) is 8.65. The molecule has 4 nitrogen and oxygen atoms in total. The summed E-state index contributed by atoms with van der Waals surface area (Å²) in [5, 5.41) is 0. The Kier molecular flexibility index (Phi) is 4.65. The van der Waals surface area contributed by atoms with Crippen LogP contribution in [0, 0.1) is 0 Å². The SMILES string of the molecule is CC=Cc1cccc2c1OC(CC)CN2C(=O)c1cc[n+](C)cc1. The number of pyridine rings is 1. The van der Waals surface area contributed by atoms with Gasteiger partial charge >= 0.3 is 0 Å². The van der Waals surface area contributed by atoms with Gasteiger partial charge in [0.1, 0.15) is 13.2 Å². The largest absolute Gasteiger partial charge is 0.486 e. The number of carbonyl (C=O) groups excluding carboxylic acids is 1. The van der Waals surface area contributed by atoms with Gasteiger partial charge in [-0.1, -0.05) is 31.2 Å². The Morgan fingerprint density at radius 3 is 2.75 bits per heavy atom. The maximum absolute atomic E-state index is 13.0. The quantitative estimate of drug-likeness (QED) is 0.812. The zero-order valence-corrected chi connectivity index (χ0v) is 14.4. The molecule has 4 heteroatoms. The Bertz CT molecular complexity index is 766. The number of hydrogen-bond acceptors (Lipinski definition) is 2. The number of allylic oxidation sites excluding steroid dienone is 1. The van der Waals surface area contributed by atoms with Gasteiger partial charge in [-0.15, -0.1) is 0 Å². The predicted octanol–water partition coefficient (Wildman–Crippen LogP) is 3.36. The van der Waals surface area contributed by atoms with Crippen molar-refractivity contribution in [3.05, 3.63) is 59.9 Å². The second kappa shape index (κ2) is 6.87. The standard InChI is InChI=1S/C20H23N2O2/c1-4-7-15-8-6-9-18-19(15)24-17(5-2)14-22(18)20(23)16-10-12-21(3)13-11-16/h4,6-13,17H,5,14H2,1-3H3/q+1. The summed E-state index contributed by atoms with van der Waals surface area (Å²) in [6, 6.07) is 9.65. The van der Waals surface area contributed by atoms with Gasteiger partial charge in [0, 0.05) is 17.7 Å². The second-order valence-corrected chi connectivity index (χ2v) is 6.01. The fraction of sp³-hybridized carbons (Fsp3) is 0.300. The zero-order chi connectivity index (χ0) is 17.1. The highest BCUT2D eigenvalue weighted by Crippen LogP contribution is 2.38. The van der Waals surface area contributed by atoms with Crippen LogP contribution in [-0.4, -0.2) is 18.6 Å². The lowest BCUT2D eigenvalue weighted by Gasteiger charge is -2.35. The van der Waals surface area contributed by atoms with Crippen LogP contribution in [0.25, 0.3) is 6.08 Å². The number of hydrogen-bond donors (Lipinski definition) is 0. The van der Waals surface area contributed by atoms with Crippen LogP contribution >= 0.6 is 0 Å². The monoisotopic (exact) mass is 323 g/mol. The molecule has 0 aliphatic carbocycles. The van der Waals surface area contributed by atoms with Crippen molar-refractivity contribution in [1.29, 1.82) is 0 Å². The van der Waals surface area contributed by atoms with E-state index >= 15 is 0 Å². The fourth-order valence-corrected chi connectivity index (χ4v) is 2.90. The highest BCUT2D eigenvalue weighted by atomic mass is 16.5. The maximum atomic E-state index is 13.0. The van der Waals surface area contributed by atoms with Crippen molar-refractivity contribution in [2.24, 2.45) is 7.05 Å².